The van der Waals surface area contributed by atoms with Gasteiger partial charge in [0.15, 0.2) is 0 Å². The van der Waals surface area contributed by atoms with Crippen LogP contribution < -0.4 is 4.74 Å². The van der Waals surface area contributed by atoms with E-state index >= 15 is 0 Å². The third-order valence-corrected chi connectivity index (χ3v) is 6.07. The van der Waals surface area contributed by atoms with Crippen molar-refractivity contribution in [2.45, 2.75) is 69.2 Å². The van der Waals surface area contributed by atoms with Gasteiger partial charge >= 0.3 is 0 Å². The summed E-state index contributed by atoms with van der Waals surface area (Å²) in [6.07, 6.45) is 0. The number of benzene rings is 2. The number of ether oxygens (including phenoxy) is 1. The first-order valence-corrected chi connectivity index (χ1v) is 8.41. The Morgan fingerprint density at radius 2 is 0.478 bits per heavy atom. The van der Waals surface area contributed by atoms with Crippen molar-refractivity contribution in [2.75, 3.05) is 0 Å². The van der Waals surface area contributed by atoms with Crippen LogP contribution in [0.25, 0.3) is 0 Å². The van der Waals surface area contributed by atoms with E-state index in [1.807, 2.05) is 0 Å². The number of rotatable bonds is 2. The fourth-order valence-corrected chi connectivity index (χ4v) is 3.34. The lowest BCUT2D eigenvalue weighted by Gasteiger charge is -2.23. The summed E-state index contributed by atoms with van der Waals surface area (Å²) in [7, 11) is 0. The highest BCUT2D eigenvalue weighted by Gasteiger charge is 2.18. The predicted octanol–water partition coefficient (Wildman–Crippen LogP) is 6.56. The molecule has 0 radical (unpaired) electrons. The van der Waals surface area contributed by atoms with E-state index in [0.717, 1.165) is 11.5 Å². The standard InChI is InChI=1S/C22H30O/c1-11-13(3)17(7)21(18(8)14(11)4)23-22-19(9)15(5)12(2)16(6)20(22)10/h1-10H3. The quantitative estimate of drug-likeness (QED) is 0.610. The molecule has 1 heteroatoms. The lowest BCUT2D eigenvalue weighted by Crippen LogP contribution is -2.04. The fourth-order valence-electron chi connectivity index (χ4n) is 3.34. The van der Waals surface area contributed by atoms with Crippen molar-refractivity contribution < 1.29 is 4.74 Å². The smallest absolute Gasteiger partial charge is 0.133 e. The molecule has 0 heterocycles. The highest BCUT2D eigenvalue weighted by Crippen LogP contribution is 2.40. The minimum Gasteiger partial charge on any atom is -0.456 e. The first-order valence-electron chi connectivity index (χ1n) is 8.41. The molecule has 2 rings (SSSR count). The zero-order valence-corrected chi connectivity index (χ0v) is 16.4. The van der Waals surface area contributed by atoms with Crippen molar-refractivity contribution in [3.63, 3.8) is 0 Å². The van der Waals surface area contributed by atoms with Crippen molar-refractivity contribution >= 4 is 0 Å². The molecular weight excluding hydrogens is 280 g/mol. The summed E-state index contributed by atoms with van der Waals surface area (Å²) in [4.78, 5) is 0. The number of hydrogen-bond acceptors (Lipinski definition) is 1. The van der Waals surface area contributed by atoms with Crippen molar-refractivity contribution in [1.82, 2.24) is 0 Å². The highest BCUT2D eigenvalue weighted by molar-refractivity contribution is 5.59. The fraction of sp³-hybridized carbons (Fsp3) is 0.455. The molecule has 0 aliphatic rings. The van der Waals surface area contributed by atoms with Gasteiger partial charge in [-0.15, -0.1) is 0 Å². The third-order valence-electron chi connectivity index (χ3n) is 6.07. The Morgan fingerprint density at radius 3 is 0.696 bits per heavy atom. The van der Waals surface area contributed by atoms with E-state index in [-0.39, 0.29) is 0 Å². The first-order chi connectivity index (χ1) is 10.6. The Bertz CT molecular complexity index is 669. The summed E-state index contributed by atoms with van der Waals surface area (Å²) in [6.45, 7) is 21.8. The molecule has 2 aromatic carbocycles. The van der Waals surface area contributed by atoms with Crippen molar-refractivity contribution in [1.29, 1.82) is 0 Å². The SMILES string of the molecule is Cc1c(C)c(C)c(Oc2c(C)c(C)c(C)c(C)c2C)c(C)c1C. The Morgan fingerprint density at radius 1 is 0.304 bits per heavy atom. The molecule has 0 atom stereocenters. The summed E-state index contributed by atoms with van der Waals surface area (Å²) >= 11 is 0. The highest BCUT2D eigenvalue weighted by atomic mass is 16.5. The molecule has 0 aliphatic carbocycles. The van der Waals surface area contributed by atoms with Gasteiger partial charge in [0.25, 0.3) is 0 Å². The van der Waals surface area contributed by atoms with Crippen LogP contribution in [0.2, 0.25) is 0 Å². The summed E-state index contributed by atoms with van der Waals surface area (Å²) in [5, 5.41) is 0. The summed E-state index contributed by atoms with van der Waals surface area (Å²) < 4.78 is 6.53. The normalized spacial score (nSPS) is 11.0. The van der Waals surface area contributed by atoms with E-state index in [2.05, 4.69) is 69.2 Å². The lowest BCUT2D eigenvalue weighted by atomic mass is 9.92. The molecule has 0 bridgehead atoms. The Hall–Kier alpha value is -1.76. The van der Waals surface area contributed by atoms with E-state index in [9.17, 15) is 0 Å². The average molecular weight is 310 g/mol. The second-order valence-corrected chi connectivity index (χ2v) is 7.01. The predicted molar refractivity (Wildman–Crippen MR) is 100 cm³/mol. The Balaban J connectivity index is 2.71. The van der Waals surface area contributed by atoms with Crippen LogP contribution in [0.4, 0.5) is 0 Å². The van der Waals surface area contributed by atoms with Gasteiger partial charge in [0.1, 0.15) is 11.5 Å². The molecule has 0 spiro atoms. The largest absolute Gasteiger partial charge is 0.456 e. The van der Waals surface area contributed by atoms with Crippen LogP contribution in [-0.2, 0) is 0 Å². The van der Waals surface area contributed by atoms with Crippen molar-refractivity contribution in [3.8, 4) is 11.5 Å². The van der Waals surface area contributed by atoms with Crippen LogP contribution in [0.5, 0.6) is 11.5 Å². The molecular formula is C22H30O. The molecule has 1 nitrogen and oxygen atoms in total. The minimum atomic E-state index is 1.03. The molecule has 0 unspecified atom stereocenters. The maximum atomic E-state index is 6.53. The van der Waals surface area contributed by atoms with Gasteiger partial charge < -0.3 is 4.74 Å². The zero-order chi connectivity index (χ0) is 17.6. The van der Waals surface area contributed by atoms with E-state index in [0.29, 0.717) is 0 Å². The van der Waals surface area contributed by atoms with Crippen molar-refractivity contribution in [2.24, 2.45) is 0 Å². The van der Waals surface area contributed by atoms with Gasteiger partial charge in [-0.1, -0.05) is 0 Å². The van der Waals surface area contributed by atoms with E-state index in [4.69, 9.17) is 4.74 Å². The van der Waals surface area contributed by atoms with Crippen molar-refractivity contribution in [3.05, 3.63) is 55.6 Å². The summed E-state index contributed by atoms with van der Waals surface area (Å²) in [6, 6.07) is 0. The second-order valence-electron chi connectivity index (χ2n) is 7.01. The Labute approximate surface area is 141 Å². The Kier molecular flexibility index (Phi) is 4.61. The summed E-state index contributed by atoms with van der Waals surface area (Å²) in [5.74, 6) is 2.05. The molecule has 23 heavy (non-hydrogen) atoms. The van der Waals surface area contributed by atoms with E-state index in [1.54, 1.807) is 0 Å². The minimum absolute atomic E-state index is 1.03. The maximum Gasteiger partial charge on any atom is 0.133 e. The van der Waals surface area contributed by atoms with E-state index < -0.39 is 0 Å². The van der Waals surface area contributed by atoms with Gasteiger partial charge in [-0.25, -0.2) is 0 Å². The summed E-state index contributed by atoms with van der Waals surface area (Å²) in [5.41, 5.74) is 13.1. The molecule has 0 fully saturated rings. The molecule has 2 aromatic rings. The van der Waals surface area contributed by atoms with E-state index in [1.165, 1.54) is 55.6 Å². The third kappa shape index (κ3) is 2.67. The van der Waals surface area contributed by atoms with Crippen LogP contribution in [0.15, 0.2) is 0 Å². The monoisotopic (exact) mass is 310 g/mol. The van der Waals surface area contributed by atoms with Crippen LogP contribution in [0, 0.1) is 69.2 Å². The average Bonchev–Trinajstić information content (AvgIpc) is 2.54. The van der Waals surface area contributed by atoms with Gasteiger partial charge in [-0.2, -0.15) is 0 Å². The molecule has 0 N–H and O–H groups in total. The van der Waals surface area contributed by atoms with Gasteiger partial charge in [-0.05, 0) is 125 Å². The van der Waals surface area contributed by atoms with Gasteiger partial charge in [0.05, 0.1) is 0 Å². The molecule has 0 aromatic heterocycles. The zero-order valence-electron chi connectivity index (χ0n) is 16.4. The van der Waals surface area contributed by atoms with Crippen LogP contribution in [0.1, 0.15) is 55.6 Å². The molecule has 124 valence electrons. The van der Waals surface area contributed by atoms with Gasteiger partial charge in [-0.3, -0.25) is 0 Å². The van der Waals surface area contributed by atoms with Crippen LogP contribution >= 0.6 is 0 Å². The van der Waals surface area contributed by atoms with Gasteiger partial charge in [0, 0.05) is 0 Å². The molecule has 0 amide bonds. The van der Waals surface area contributed by atoms with Crippen LogP contribution in [-0.4, -0.2) is 0 Å². The second kappa shape index (κ2) is 6.03. The van der Waals surface area contributed by atoms with Crippen LogP contribution in [0.3, 0.4) is 0 Å². The molecule has 0 saturated heterocycles. The molecule has 0 saturated carbocycles. The number of hydrogen-bond donors (Lipinski definition) is 0. The topological polar surface area (TPSA) is 9.23 Å². The van der Waals surface area contributed by atoms with Gasteiger partial charge in [0.2, 0.25) is 0 Å². The maximum absolute atomic E-state index is 6.53. The lowest BCUT2D eigenvalue weighted by molar-refractivity contribution is 0.465. The molecule has 0 aliphatic heterocycles. The first kappa shape index (κ1) is 17.6.